The van der Waals surface area contributed by atoms with Gasteiger partial charge in [-0.2, -0.15) is 0 Å². The lowest BCUT2D eigenvalue weighted by molar-refractivity contribution is 0.200. The lowest BCUT2D eigenvalue weighted by Crippen LogP contribution is -2.18. The summed E-state index contributed by atoms with van der Waals surface area (Å²) in [5.41, 5.74) is 5.36. The monoisotopic (exact) mass is 193 g/mol. The quantitative estimate of drug-likeness (QED) is 0.599. The Labute approximate surface area is 77.1 Å². The van der Waals surface area contributed by atoms with Gasteiger partial charge in [-0.25, -0.2) is 0 Å². The molecule has 0 amide bonds. The molecule has 0 saturated heterocycles. The number of nitrogens with two attached hydrogens (primary N) is 1. The largest absolute Gasteiger partial charge is 0.385 e. The summed E-state index contributed by atoms with van der Waals surface area (Å²) in [7, 11) is 0.933. The van der Waals surface area contributed by atoms with Crippen LogP contribution in [-0.4, -0.2) is 35.5 Å². The third-order valence-electron chi connectivity index (χ3n) is 1.72. The van der Waals surface area contributed by atoms with Gasteiger partial charge < -0.3 is 10.5 Å². The van der Waals surface area contributed by atoms with E-state index in [1.807, 2.05) is 6.92 Å². The summed E-state index contributed by atoms with van der Waals surface area (Å²) < 4.78 is 16.3. The predicted octanol–water partition coefficient (Wildman–Crippen LogP) is 0.509. The third kappa shape index (κ3) is 5.69. The first-order valence-electron chi connectivity index (χ1n) is 4.28. The van der Waals surface area contributed by atoms with E-state index in [9.17, 15) is 4.21 Å². The highest BCUT2D eigenvalue weighted by Crippen LogP contribution is 2.01. The van der Waals surface area contributed by atoms with E-state index in [2.05, 4.69) is 0 Å². The van der Waals surface area contributed by atoms with Crippen LogP contribution in [0.25, 0.3) is 0 Å². The van der Waals surface area contributed by atoms with E-state index in [4.69, 9.17) is 10.5 Å². The van der Waals surface area contributed by atoms with Crippen molar-refractivity contribution in [1.29, 1.82) is 0 Å². The van der Waals surface area contributed by atoms with Gasteiger partial charge in [0.2, 0.25) is 0 Å². The zero-order valence-corrected chi connectivity index (χ0v) is 8.73. The van der Waals surface area contributed by atoms with E-state index < -0.39 is 10.8 Å². The van der Waals surface area contributed by atoms with Crippen molar-refractivity contribution in [3.05, 3.63) is 0 Å². The molecule has 12 heavy (non-hydrogen) atoms. The molecule has 0 spiro atoms. The fourth-order valence-corrected chi connectivity index (χ4v) is 2.12. The van der Waals surface area contributed by atoms with E-state index >= 15 is 0 Å². The van der Waals surface area contributed by atoms with Gasteiger partial charge >= 0.3 is 0 Å². The van der Waals surface area contributed by atoms with Gasteiger partial charge in [-0.3, -0.25) is 4.21 Å². The van der Waals surface area contributed by atoms with Crippen molar-refractivity contribution in [1.82, 2.24) is 0 Å². The number of methoxy groups -OCH3 is 1. The summed E-state index contributed by atoms with van der Waals surface area (Å²) in [5, 5.41) is 0.229. The Morgan fingerprint density at radius 3 is 2.75 bits per heavy atom. The fraction of sp³-hybridized carbons (Fsp3) is 1.00. The maximum atomic E-state index is 11.4. The highest BCUT2D eigenvalue weighted by molar-refractivity contribution is 7.85. The van der Waals surface area contributed by atoms with Gasteiger partial charge in [0.25, 0.3) is 0 Å². The molecule has 0 saturated carbocycles. The molecular weight excluding hydrogens is 174 g/mol. The van der Waals surface area contributed by atoms with Crippen LogP contribution >= 0.6 is 0 Å². The van der Waals surface area contributed by atoms with Crippen LogP contribution in [0, 0.1) is 0 Å². The summed E-state index contributed by atoms with van der Waals surface area (Å²) >= 11 is 0. The van der Waals surface area contributed by atoms with Gasteiger partial charge in [-0.1, -0.05) is 6.92 Å². The molecule has 0 aliphatic carbocycles. The minimum absolute atomic E-state index is 0.229. The van der Waals surface area contributed by atoms with Gasteiger partial charge in [0, 0.05) is 35.5 Å². The molecule has 0 aromatic carbocycles. The summed E-state index contributed by atoms with van der Waals surface area (Å²) in [6.45, 7) is 3.30. The molecule has 3 nitrogen and oxygen atoms in total. The molecule has 2 atom stereocenters. The van der Waals surface area contributed by atoms with Gasteiger partial charge in [0.15, 0.2) is 0 Å². The van der Waals surface area contributed by atoms with E-state index in [0.29, 0.717) is 13.2 Å². The Bertz CT molecular complexity index is 130. The lowest BCUT2D eigenvalue weighted by atomic mass is 10.3. The van der Waals surface area contributed by atoms with Gasteiger partial charge in [0.05, 0.1) is 0 Å². The molecule has 0 heterocycles. The summed E-state index contributed by atoms with van der Waals surface area (Å²) in [6.07, 6.45) is 1.72. The van der Waals surface area contributed by atoms with Crippen molar-refractivity contribution in [2.24, 2.45) is 5.73 Å². The maximum absolute atomic E-state index is 11.4. The SMILES string of the molecule is COCCCS(=O)C(C)CCN. The molecule has 2 unspecified atom stereocenters. The standard InChI is InChI=1S/C8H19NO2S/c1-8(4-5-9)12(10)7-3-6-11-2/h8H,3-7,9H2,1-2H3. The number of hydrogen-bond acceptors (Lipinski definition) is 3. The van der Waals surface area contributed by atoms with Crippen molar-refractivity contribution in [3.8, 4) is 0 Å². The Balaban J connectivity index is 3.43. The second-order valence-electron chi connectivity index (χ2n) is 2.82. The molecule has 0 radical (unpaired) electrons. The van der Waals surface area contributed by atoms with Crippen molar-refractivity contribution in [2.45, 2.75) is 25.0 Å². The zero-order valence-electron chi connectivity index (χ0n) is 7.91. The van der Waals surface area contributed by atoms with Gasteiger partial charge in [-0.05, 0) is 19.4 Å². The average molecular weight is 193 g/mol. The van der Waals surface area contributed by atoms with Crippen LogP contribution in [0.2, 0.25) is 0 Å². The average Bonchev–Trinajstić information content (AvgIpc) is 2.05. The molecule has 0 aromatic heterocycles. The second-order valence-corrected chi connectivity index (χ2v) is 4.79. The molecule has 0 bridgehead atoms. The molecule has 0 rings (SSSR count). The highest BCUT2D eigenvalue weighted by atomic mass is 32.2. The first-order chi connectivity index (χ1) is 5.72. The Morgan fingerprint density at radius 2 is 2.25 bits per heavy atom. The van der Waals surface area contributed by atoms with Gasteiger partial charge in [-0.15, -0.1) is 0 Å². The maximum Gasteiger partial charge on any atom is 0.0471 e. The highest BCUT2D eigenvalue weighted by Gasteiger charge is 2.08. The predicted molar refractivity (Wildman–Crippen MR) is 52.6 cm³/mol. The van der Waals surface area contributed by atoms with E-state index in [1.54, 1.807) is 7.11 Å². The Kier molecular flexibility index (Phi) is 7.75. The first-order valence-corrected chi connectivity index (χ1v) is 5.66. The van der Waals surface area contributed by atoms with E-state index in [-0.39, 0.29) is 5.25 Å². The van der Waals surface area contributed by atoms with Crippen molar-refractivity contribution in [3.63, 3.8) is 0 Å². The van der Waals surface area contributed by atoms with Crippen LogP contribution in [0.1, 0.15) is 19.8 Å². The summed E-state index contributed by atoms with van der Waals surface area (Å²) in [6, 6.07) is 0. The van der Waals surface area contributed by atoms with Crippen molar-refractivity contribution in [2.75, 3.05) is 26.0 Å². The Morgan fingerprint density at radius 1 is 1.58 bits per heavy atom. The van der Waals surface area contributed by atoms with Crippen LogP contribution in [0.4, 0.5) is 0 Å². The number of rotatable bonds is 7. The first kappa shape index (κ1) is 12.1. The molecule has 0 fully saturated rings. The van der Waals surface area contributed by atoms with Crippen LogP contribution in [0.3, 0.4) is 0 Å². The molecule has 4 heteroatoms. The molecule has 0 aromatic rings. The fourth-order valence-electron chi connectivity index (χ4n) is 0.913. The summed E-state index contributed by atoms with van der Waals surface area (Å²) in [5.74, 6) is 0.731. The van der Waals surface area contributed by atoms with Crippen LogP contribution in [0.15, 0.2) is 0 Å². The molecule has 0 aliphatic rings. The molecule has 2 N–H and O–H groups in total. The number of ether oxygens (including phenoxy) is 1. The second kappa shape index (κ2) is 7.71. The molecular formula is C8H19NO2S. The van der Waals surface area contributed by atoms with E-state index in [0.717, 1.165) is 18.6 Å². The molecule has 74 valence electrons. The Hall–Kier alpha value is 0.0700. The van der Waals surface area contributed by atoms with Crippen LogP contribution in [-0.2, 0) is 15.5 Å². The van der Waals surface area contributed by atoms with Crippen molar-refractivity contribution < 1.29 is 8.95 Å². The topological polar surface area (TPSA) is 52.3 Å². The summed E-state index contributed by atoms with van der Waals surface area (Å²) in [4.78, 5) is 0. The lowest BCUT2D eigenvalue weighted by Gasteiger charge is -2.09. The minimum Gasteiger partial charge on any atom is -0.385 e. The smallest absolute Gasteiger partial charge is 0.0471 e. The minimum atomic E-state index is -0.726. The number of hydrogen-bond donors (Lipinski definition) is 1. The third-order valence-corrected chi connectivity index (χ3v) is 3.54. The zero-order chi connectivity index (χ0) is 9.40. The van der Waals surface area contributed by atoms with Crippen molar-refractivity contribution >= 4 is 10.8 Å². The normalized spacial score (nSPS) is 15.9. The van der Waals surface area contributed by atoms with E-state index in [1.165, 1.54) is 0 Å². The van der Waals surface area contributed by atoms with Gasteiger partial charge in [0.1, 0.15) is 0 Å². The molecule has 0 aliphatic heterocycles. The van der Waals surface area contributed by atoms with Crippen LogP contribution in [0.5, 0.6) is 0 Å². The van der Waals surface area contributed by atoms with Crippen LogP contribution < -0.4 is 5.73 Å².